The van der Waals surface area contributed by atoms with Gasteiger partial charge < -0.3 is 18.9 Å². The maximum absolute atomic E-state index is 13.2. The van der Waals surface area contributed by atoms with Gasteiger partial charge in [0.1, 0.15) is 12.1 Å². The van der Waals surface area contributed by atoms with Gasteiger partial charge in [0.15, 0.2) is 8.32 Å². The lowest BCUT2D eigenvalue weighted by Crippen LogP contribution is -2.69. The van der Waals surface area contributed by atoms with Gasteiger partial charge >= 0.3 is 11.9 Å². The molecule has 198 valence electrons. The lowest BCUT2D eigenvalue weighted by molar-refractivity contribution is -0.206. The monoisotopic (exact) mass is 512 g/mol. The van der Waals surface area contributed by atoms with E-state index < -0.39 is 61.7 Å². The Labute approximate surface area is 208 Å². The first-order valence-corrected chi connectivity index (χ1v) is 15.0. The number of β-lactam (4-membered cyclic amide) rings is 1. The number of hydrogen-bond donors (Lipinski definition) is 0. The molecule has 0 bridgehead atoms. The summed E-state index contributed by atoms with van der Waals surface area (Å²) < 4.78 is 11.8. The van der Waals surface area contributed by atoms with Crippen LogP contribution in [0.5, 0.6) is 0 Å². The first-order chi connectivity index (χ1) is 15.8. The largest absolute Gasteiger partial charge is 0.459 e. The van der Waals surface area contributed by atoms with E-state index in [1.165, 1.54) is 4.90 Å². The second kappa shape index (κ2) is 10.0. The third-order valence-electron chi connectivity index (χ3n) is 6.88. The van der Waals surface area contributed by atoms with Crippen molar-refractivity contribution in [3.63, 3.8) is 0 Å². The third kappa shape index (κ3) is 6.49. The van der Waals surface area contributed by atoms with Gasteiger partial charge in [0.2, 0.25) is 5.91 Å². The first-order valence-electron chi connectivity index (χ1n) is 12.0. The summed E-state index contributed by atoms with van der Waals surface area (Å²) in [7, 11) is -2.24. The molecular formula is C24H40N2O8Si. The number of hydroxylamine groups is 2. The highest BCUT2D eigenvalue weighted by Crippen LogP contribution is 2.42. The average molecular weight is 513 g/mol. The van der Waals surface area contributed by atoms with Crippen molar-refractivity contribution in [2.75, 3.05) is 6.54 Å². The zero-order valence-corrected chi connectivity index (χ0v) is 23.6. The number of carbonyl (C=O) groups excluding carboxylic acids is 5. The minimum atomic E-state index is -2.24. The number of imide groups is 1. The van der Waals surface area contributed by atoms with Crippen LogP contribution < -0.4 is 0 Å². The van der Waals surface area contributed by atoms with Crippen molar-refractivity contribution in [1.29, 1.82) is 0 Å². The molecule has 0 unspecified atom stereocenters. The Bertz CT molecular complexity index is 873. The highest BCUT2D eigenvalue weighted by atomic mass is 28.4. The van der Waals surface area contributed by atoms with E-state index in [2.05, 4.69) is 33.9 Å². The van der Waals surface area contributed by atoms with Gasteiger partial charge in [-0.1, -0.05) is 20.8 Å². The Balaban J connectivity index is 2.27. The zero-order valence-electron chi connectivity index (χ0n) is 22.6. The Hall–Kier alpha value is -2.27. The predicted octanol–water partition coefficient (Wildman–Crippen LogP) is 2.81. The highest BCUT2D eigenvalue weighted by molar-refractivity contribution is 6.74. The number of rotatable bonds is 8. The molecule has 0 aliphatic carbocycles. The quantitative estimate of drug-likeness (QED) is 0.211. The SMILES string of the molecule is C[C@H](C(=O)ON1C(=O)CCC1=O)[C@@H]1[C@@H]([C@@H](C)O[Si](C)(C)C(C)(C)C)C(=O)N1CC(=O)OC(C)(C)C. The van der Waals surface area contributed by atoms with Crippen molar-refractivity contribution in [2.24, 2.45) is 11.8 Å². The maximum atomic E-state index is 13.2. The van der Waals surface area contributed by atoms with Gasteiger partial charge in [-0.15, -0.1) is 5.06 Å². The van der Waals surface area contributed by atoms with E-state index >= 15 is 0 Å². The lowest BCUT2D eigenvalue weighted by Gasteiger charge is -2.52. The normalized spacial score (nSPS) is 23.2. The molecule has 3 amide bonds. The molecule has 2 aliphatic heterocycles. The highest BCUT2D eigenvalue weighted by Gasteiger charge is 2.57. The topological polar surface area (TPSA) is 120 Å². The van der Waals surface area contributed by atoms with Gasteiger partial charge in [-0.3, -0.25) is 19.2 Å². The van der Waals surface area contributed by atoms with Crippen molar-refractivity contribution in [2.45, 2.75) is 104 Å². The van der Waals surface area contributed by atoms with Crippen LogP contribution in [0.4, 0.5) is 0 Å². The summed E-state index contributed by atoms with van der Waals surface area (Å²) in [5, 5.41) is 0.392. The molecule has 0 spiro atoms. The molecular weight excluding hydrogens is 472 g/mol. The molecule has 0 N–H and O–H groups in total. The zero-order chi connectivity index (χ0) is 27.1. The first kappa shape index (κ1) is 29.0. The smallest absolute Gasteiger partial charge is 0.338 e. The van der Waals surface area contributed by atoms with Crippen LogP contribution in [0.2, 0.25) is 18.1 Å². The molecule has 0 radical (unpaired) electrons. The average Bonchev–Trinajstić information content (AvgIpc) is 2.98. The van der Waals surface area contributed by atoms with Gasteiger partial charge in [-0.25, -0.2) is 4.79 Å². The lowest BCUT2D eigenvalue weighted by atomic mass is 9.76. The molecule has 2 saturated heterocycles. The van der Waals surface area contributed by atoms with Crippen LogP contribution >= 0.6 is 0 Å². The van der Waals surface area contributed by atoms with E-state index in [-0.39, 0.29) is 30.3 Å². The second-order valence-electron chi connectivity index (χ2n) is 11.9. The standard InChI is InChI=1S/C24H40N2O8Si/c1-14(22(31)33-26-16(27)11-12-17(26)28)20-19(15(2)34-35(9,10)24(6,7)8)21(30)25(20)13-18(29)32-23(3,4)5/h14-15,19-20H,11-13H2,1-10H3/t14-,15+,19+,20+/m0/s1. The maximum Gasteiger partial charge on any atom is 0.338 e. The molecule has 0 aromatic carbocycles. The van der Waals surface area contributed by atoms with E-state index in [4.69, 9.17) is 14.0 Å². The fourth-order valence-corrected chi connectivity index (χ4v) is 5.47. The molecule has 2 fully saturated rings. The van der Waals surface area contributed by atoms with Gasteiger partial charge in [0.05, 0.1) is 24.0 Å². The van der Waals surface area contributed by atoms with Gasteiger partial charge in [-0.05, 0) is 52.8 Å². The summed E-state index contributed by atoms with van der Waals surface area (Å²) in [5.74, 6) is -4.54. The molecule has 35 heavy (non-hydrogen) atoms. The summed E-state index contributed by atoms with van der Waals surface area (Å²) in [6.45, 7) is 18.6. The summed E-state index contributed by atoms with van der Waals surface area (Å²) in [6.07, 6.45) is -0.561. The Kier molecular flexibility index (Phi) is 8.28. The van der Waals surface area contributed by atoms with E-state index in [1.54, 1.807) is 34.6 Å². The molecule has 11 heteroatoms. The van der Waals surface area contributed by atoms with Crippen molar-refractivity contribution >= 4 is 38.0 Å². The number of hydrogen-bond acceptors (Lipinski definition) is 8. The van der Waals surface area contributed by atoms with Crippen molar-refractivity contribution in [3.05, 3.63) is 0 Å². The second-order valence-corrected chi connectivity index (χ2v) is 16.7. The third-order valence-corrected chi connectivity index (χ3v) is 11.5. The van der Waals surface area contributed by atoms with Crippen molar-refractivity contribution in [1.82, 2.24) is 9.96 Å². The van der Waals surface area contributed by atoms with Crippen LogP contribution in [0.15, 0.2) is 0 Å². The summed E-state index contributed by atoms with van der Waals surface area (Å²) in [6, 6.07) is -0.727. The minimum Gasteiger partial charge on any atom is -0.459 e. The molecule has 0 saturated carbocycles. The van der Waals surface area contributed by atoms with Crippen molar-refractivity contribution in [3.8, 4) is 0 Å². The minimum absolute atomic E-state index is 0.0206. The number of ether oxygens (including phenoxy) is 1. The van der Waals surface area contributed by atoms with E-state index in [1.807, 2.05) is 0 Å². The van der Waals surface area contributed by atoms with Crippen LogP contribution in [0.25, 0.3) is 0 Å². The van der Waals surface area contributed by atoms with Gasteiger partial charge in [-0.2, -0.15) is 0 Å². The number of nitrogens with zero attached hydrogens (tertiary/aromatic N) is 2. The predicted molar refractivity (Wildman–Crippen MR) is 129 cm³/mol. The summed E-state index contributed by atoms with van der Waals surface area (Å²) >= 11 is 0. The van der Waals surface area contributed by atoms with Gasteiger partial charge in [0.25, 0.3) is 11.8 Å². The fraction of sp³-hybridized carbons (Fsp3) is 0.792. The van der Waals surface area contributed by atoms with Crippen LogP contribution in [0.1, 0.15) is 68.2 Å². The Morgan fingerprint density at radius 2 is 1.51 bits per heavy atom. The molecule has 2 rings (SSSR count). The number of carbonyl (C=O) groups is 5. The molecule has 10 nitrogen and oxygen atoms in total. The number of likely N-dealkylation sites (tertiary alicyclic amines) is 1. The number of esters is 1. The van der Waals surface area contributed by atoms with Gasteiger partial charge in [0, 0.05) is 12.8 Å². The van der Waals surface area contributed by atoms with E-state index in [9.17, 15) is 24.0 Å². The summed E-state index contributed by atoms with van der Waals surface area (Å²) in [5.41, 5.74) is -0.736. The molecule has 2 aliphatic rings. The van der Waals surface area contributed by atoms with Crippen molar-refractivity contribution < 1.29 is 38.0 Å². The molecule has 4 atom stereocenters. The number of amides is 3. The summed E-state index contributed by atoms with van der Waals surface area (Å²) in [4.78, 5) is 68.9. The molecule has 0 aromatic rings. The molecule has 2 heterocycles. The fourth-order valence-electron chi connectivity index (χ4n) is 4.04. The Morgan fingerprint density at radius 1 is 1.00 bits per heavy atom. The van der Waals surface area contributed by atoms with E-state index in [0.717, 1.165) is 0 Å². The molecule has 0 aromatic heterocycles. The Morgan fingerprint density at radius 3 is 1.97 bits per heavy atom. The van der Waals surface area contributed by atoms with Crippen LogP contribution in [-0.4, -0.2) is 72.2 Å². The van der Waals surface area contributed by atoms with Crippen LogP contribution in [0.3, 0.4) is 0 Å². The van der Waals surface area contributed by atoms with Crippen LogP contribution in [-0.2, 0) is 38.0 Å². The van der Waals surface area contributed by atoms with Crippen LogP contribution in [0, 0.1) is 11.8 Å². The van der Waals surface area contributed by atoms with E-state index in [0.29, 0.717) is 5.06 Å².